The largest absolute Gasteiger partial charge is 0.378 e. The van der Waals surface area contributed by atoms with Gasteiger partial charge in [-0.3, -0.25) is 4.79 Å². The molecular weight excluding hydrogens is 326 g/mol. The number of nitrogens with one attached hydrogen (secondary N) is 1. The fraction of sp³-hybridized carbons (Fsp3) is 0.238. The van der Waals surface area contributed by atoms with Crippen LogP contribution in [0.4, 0.5) is 5.82 Å². The van der Waals surface area contributed by atoms with Gasteiger partial charge >= 0.3 is 0 Å². The zero-order valence-corrected chi connectivity index (χ0v) is 14.5. The number of pyridine rings is 1. The quantitative estimate of drug-likeness (QED) is 0.788. The Labute approximate surface area is 152 Å². The lowest BCUT2D eigenvalue weighted by atomic mass is 10.1. The molecule has 26 heavy (non-hydrogen) atoms. The van der Waals surface area contributed by atoms with E-state index in [1.165, 1.54) is 0 Å². The SMILES string of the molecule is O=C(NCc1cccnc1N1CCOCC1)c1ccc2ccccc2c1. The molecule has 0 spiro atoms. The smallest absolute Gasteiger partial charge is 0.251 e. The Kier molecular flexibility index (Phi) is 4.80. The molecule has 1 saturated heterocycles. The standard InChI is InChI=1S/C21H21N3O2/c25-21(18-8-7-16-4-1-2-5-17(16)14-18)23-15-19-6-3-9-22-20(19)24-10-12-26-13-11-24/h1-9,14H,10-13,15H2,(H,23,25). The second kappa shape index (κ2) is 7.54. The maximum Gasteiger partial charge on any atom is 0.251 e. The van der Waals surface area contributed by atoms with E-state index < -0.39 is 0 Å². The predicted octanol–water partition coefficient (Wildman–Crippen LogP) is 3.00. The van der Waals surface area contributed by atoms with Crippen LogP contribution in [-0.2, 0) is 11.3 Å². The monoisotopic (exact) mass is 347 g/mol. The number of aromatic nitrogens is 1. The van der Waals surface area contributed by atoms with Crippen LogP contribution in [0.2, 0.25) is 0 Å². The molecule has 0 atom stereocenters. The molecular formula is C21H21N3O2. The van der Waals surface area contributed by atoms with E-state index in [0.29, 0.717) is 25.3 Å². The highest BCUT2D eigenvalue weighted by Gasteiger charge is 2.16. The highest BCUT2D eigenvalue weighted by Crippen LogP contribution is 2.19. The summed E-state index contributed by atoms with van der Waals surface area (Å²) in [4.78, 5) is 19.3. The maximum absolute atomic E-state index is 12.6. The zero-order chi connectivity index (χ0) is 17.8. The topological polar surface area (TPSA) is 54.5 Å². The third kappa shape index (κ3) is 3.53. The molecule has 5 heteroatoms. The van der Waals surface area contributed by atoms with Crippen molar-refractivity contribution in [2.24, 2.45) is 0 Å². The third-order valence-corrected chi connectivity index (χ3v) is 4.63. The van der Waals surface area contributed by atoms with E-state index in [1.807, 2.05) is 54.6 Å². The number of hydrogen-bond acceptors (Lipinski definition) is 4. The van der Waals surface area contributed by atoms with E-state index in [9.17, 15) is 4.79 Å². The summed E-state index contributed by atoms with van der Waals surface area (Å²) in [6.45, 7) is 3.51. The van der Waals surface area contributed by atoms with Crippen LogP contribution in [0.25, 0.3) is 10.8 Å². The Balaban J connectivity index is 1.48. The average Bonchev–Trinajstić information content (AvgIpc) is 2.72. The summed E-state index contributed by atoms with van der Waals surface area (Å²) in [7, 11) is 0. The number of amides is 1. The molecule has 1 amide bonds. The first kappa shape index (κ1) is 16.5. The van der Waals surface area contributed by atoms with Crippen molar-refractivity contribution in [2.45, 2.75) is 6.54 Å². The van der Waals surface area contributed by atoms with Crippen LogP contribution < -0.4 is 10.2 Å². The van der Waals surface area contributed by atoms with Gasteiger partial charge in [-0.05, 0) is 29.0 Å². The van der Waals surface area contributed by atoms with Gasteiger partial charge in [0.25, 0.3) is 5.91 Å². The Bertz CT molecular complexity index is 920. The highest BCUT2D eigenvalue weighted by molar-refractivity contribution is 5.98. The van der Waals surface area contributed by atoms with Crippen LogP contribution in [0.5, 0.6) is 0 Å². The third-order valence-electron chi connectivity index (χ3n) is 4.63. The van der Waals surface area contributed by atoms with Crippen molar-refractivity contribution < 1.29 is 9.53 Å². The Morgan fingerprint density at radius 1 is 1.04 bits per heavy atom. The minimum atomic E-state index is -0.0764. The van der Waals surface area contributed by atoms with Crippen molar-refractivity contribution in [3.05, 3.63) is 71.9 Å². The molecule has 1 aliphatic heterocycles. The van der Waals surface area contributed by atoms with Crippen LogP contribution in [0.15, 0.2) is 60.8 Å². The van der Waals surface area contributed by atoms with Gasteiger partial charge in [-0.1, -0.05) is 36.4 Å². The van der Waals surface area contributed by atoms with Crippen molar-refractivity contribution in [1.29, 1.82) is 0 Å². The molecule has 0 unspecified atom stereocenters. The van der Waals surface area contributed by atoms with Gasteiger partial charge in [-0.15, -0.1) is 0 Å². The highest BCUT2D eigenvalue weighted by atomic mass is 16.5. The van der Waals surface area contributed by atoms with E-state index in [2.05, 4.69) is 15.2 Å². The summed E-state index contributed by atoms with van der Waals surface area (Å²) in [6.07, 6.45) is 1.79. The van der Waals surface area contributed by atoms with Crippen LogP contribution in [-0.4, -0.2) is 37.2 Å². The van der Waals surface area contributed by atoms with Gasteiger partial charge in [-0.2, -0.15) is 0 Å². The molecule has 0 aliphatic carbocycles. The van der Waals surface area contributed by atoms with Crippen LogP contribution in [0.3, 0.4) is 0 Å². The summed E-state index contributed by atoms with van der Waals surface area (Å²) in [5.74, 6) is 0.849. The lowest BCUT2D eigenvalue weighted by Crippen LogP contribution is -2.37. The molecule has 1 fully saturated rings. The minimum Gasteiger partial charge on any atom is -0.378 e. The summed E-state index contributed by atoms with van der Waals surface area (Å²) >= 11 is 0. The molecule has 132 valence electrons. The van der Waals surface area contributed by atoms with Crippen molar-refractivity contribution in [1.82, 2.24) is 10.3 Å². The van der Waals surface area contributed by atoms with Gasteiger partial charge in [0.2, 0.25) is 0 Å². The number of nitrogens with zero attached hydrogens (tertiary/aromatic N) is 2. The summed E-state index contributed by atoms with van der Waals surface area (Å²) in [5.41, 5.74) is 1.68. The first-order chi connectivity index (χ1) is 12.8. The van der Waals surface area contributed by atoms with Gasteiger partial charge in [-0.25, -0.2) is 4.98 Å². The van der Waals surface area contributed by atoms with E-state index in [1.54, 1.807) is 6.20 Å². The number of anilines is 1. The Morgan fingerprint density at radius 2 is 1.85 bits per heavy atom. The van der Waals surface area contributed by atoms with Crippen molar-refractivity contribution in [3.63, 3.8) is 0 Å². The summed E-state index contributed by atoms with van der Waals surface area (Å²) in [6, 6.07) is 17.7. The molecule has 1 N–H and O–H groups in total. The molecule has 4 rings (SSSR count). The van der Waals surface area contributed by atoms with Crippen LogP contribution in [0, 0.1) is 0 Å². The minimum absolute atomic E-state index is 0.0764. The maximum atomic E-state index is 12.6. The Hall–Kier alpha value is -2.92. The summed E-state index contributed by atoms with van der Waals surface area (Å²) < 4.78 is 5.41. The number of hydrogen-bond donors (Lipinski definition) is 1. The first-order valence-corrected chi connectivity index (χ1v) is 8.85. The molecule has 0 radical (unpaired) electrons. The van der Waals surface area contributed by atoms with Gasteiger partial charge in [0.05, 0.1) is 13.2 Å². The van der Waals surface area contributed by atoms with E-state index >= 15 is 0 Å². The number of carbonyl (C=O) groups is 1. The first-order valence-electron chi connectivity index (χ1n) is 8.85. The van der Waals surface area contributed by atoms with Crippen molar-refractivity contribution >= 4 is 22.5 Å². The molecule has 2 heterocycles. The number of ether oxygens (including phenoxy) is 1. The second-order valence-corrected chi connectivity index (χ2v) is 6.33. The lowest BCUT2D eigenvalue weighted by molar-refractivity contribution is 0.0951. The molecule has 3 aromatic rings. The number of fused-ring (bicyclic) bond motifs is 1. The number of carbonyl (C=O) groups excluding carboxylic acids is 1. The number of rotatable bonds is 4. The Morgan fingerprint density at radius 3 is 2.69 bits per heavy atom. The molecule has 1 aliphatic rings. The second-order valence-electron chi connectivity index (χ2n) is 6.33. The summed E-state index contributed by atoms with van der Waals surface area (Å²) in [5, 5.41) is 5.22. The lowest BCUT2D eigenvalue weighted by Gasteiger charge is -2.29. The van der Waals surface area contributed by atoms with Gasteiger partial charge in [0.15, 0.2) is 0 Å². The number of morpholine rings is 1. The fourth-order valence-corrected chi connectivity index (χ4v) is 3.24. The van der Waals surface area contributed by atoms with Gasteiger partial charge in [0.1, 0.15) is 5.82 Å². The number of benzene rings is 2. The van der Waals surface area contributed by atoms with E-state index in [-0.39, 0.29) is 5.91 Å². The van der Waals surface area contributed by atoms with Gasteiger partial charge in [0, 0.05) is 37.0 Å². The van der Waals surface area contributed by atoms with E-state index in [4.69, 9.17) is 4.74 Å². The molecule has 0 saturated carbocycles. The van der Waals surface area contributed by atoms with Gasteiger partial charge < -0.3 is 15.0 Å². The van der Waals surface area contributed by atoms with Crippen LogP contribution >= 0.6 is 0 Å². The fourth-order valence-electron chi connectivity index (χ4n) is 3.24. The van der Waals surface area contributed by atoms with E-state index in [0.717, 1.165) is 35.2 Å². The zero-order valence-electron chi connectivity index (χ0n) is 14.5. The molecule has 0 bridgehead atoms. The van der Waals surface area contributed by atoms with Crippen molar-refractivity contribution in [2.75, 3.05) is 31.2 Å². The van der Waals surface area contributed by atoms with Crippen LogP contribution in [0.1, 0.15) is 15.9 Å². The molecule has 2 aromatic carbocycles. The molecule has 1 aromatic heterocycles. The van der Waals surface area contributed by atoms with Crippen molar-refractivity contribution in [3.8, 4) is 0 Å². The predicted molar refractivity (Wildman–Crippen MR) is 102 cm³/mol. The normalized spacial score (nSPS) is 14.4. The molecule has 5 nitrogen and oxygen atoms in total. The average molecular weight is 347 g/mol.